The van der Waals surface area contributed by atoms with Crippen LogP contribution in [-0.4, -0.2) is 24.8 Å². The molecule has 4 heteroatoms. The summed E-state index contributed by atoms with van der Waals surface area (Å²) >= 11 is 0. The third kappa shape index (κ3) is 1.84. The van der Waals surface area contributed by atoms with Gasteiger partial charge in [-0.1, -0.05) is 12.1 Å². The second kappa shape index (κ2) is 4.45. The van der Waals surface area contributed by atoms with Crippen molar-refractivity contribution < 1.29 is 9.59 Å². The number of nitrogens with zero attached hydrogens (tertiary/aromatic N) is 1. The van der Waals surface area contributed by atoms with Crippen molar-refractivity contribution in [1.82, 2.24) is 0 Å². The van der Waals surface area contributed by atoms with Gasteiger partial charge >= 0.3 is 0 Å². The topological polar surface area (TPSA) is 63.4 Å². The van der Waals surface area contributed by atoms with Crippen LogP contribution in [0.25, 0.3) is 0 Å². The van der Waals surface area contributed by atoms with Gasteiger partial charge < -0.3 is 10.6 Å². The monoisotopic (exact) mass is 218 g/mol. The van der Waals surface area contributed by atoms with Crippen LogP contribution >= 0.6 is 0 Å². The molecule has 0 unspecified atom stereocenters. The standard InChI is InChI=1S/C12H14N2O2/c13-8-12(16)14-7-3-6-11(15)9-4-1-2-5-10(9)14/h1-2,4-5H,3,6-8,13H2. The van der Waals surface area contributed by atoms with Crippen LogP contribution in [-0.2, 0) is 4.79 Å². The van der Waals surface area contributed by atoms with E-state index in [0.717, 1.165) is 0 Å². The van der Waals surface area contributed by atoms with E-state index in [2.05, 4.69) is 0 Å². The molecule has 0 radical (unpaired) electrons. The van der Waals surface area contributed by atoms with Crippen molar-refractivity contribution in [3.63, 3.8) is 0 Å². The summed E-state index contributed by atoms with van der Waals surface area (Å²) in [5.41, 5.74) is 6.69. The summed E-state index contributed by atoms with van der Waals surface area (Å²) in [5.74, 6) is -0.0370. The molecule has 0 aliphatic carbocycles. The van der Waals surface area contributed by atoms with E-state index in [0.29, 0.717) is 30.6 Å². The Morgan fingerprint density at radius 1 is 1.38 bits per heavy atom. The van der Waals surface area contributed by atoms with Crippen molar-refractivity contribution in [1.29, 1.82) is 0 Å². The van der Waals surface area contributed by atoms with E-state index in [9.17, 15) is 9.59 Å². The molecule has 84 valence electrons. The molecule has 0 fully saturated rings. The van der Waals surface area contributed by atoms with Crippen LogP contribution in [0.5, 0.6) is 0 Å². The van der Waals surface area contributed by atoms with Crippen LogP contribution in [0, 0.1) is 0 Å². The molecule has 0 saturated carbocycles. The fraction of sp³-hybridized carbons (Fsp3) is 0.333. The van der Waals surface area contributed by atoms with Crippen molar-refractivity contribution in [2.45, 2.75) is 12.8 Å². The smallest absolute Gasteiger partial charge is 0.240 e. The number of hydrogen-bond acceptors (Lipinski definition) is 3. The maximum Gasteiger partial charge on any atom is 0.240 e. The molecule has 0 spiro atoms. The van der Waals surface area contributed by atoms with E-state index in [-0.39, 0.29) is 18.2 Å². The Bertz CT molecular complexity index is 429. The third-order valence-corrected chi connectivity index (χ3v) is 2.76. The number of anilines is 1. The summed E-state index contributed by atoms with van der Waals surface area (Å²) in [4.78, 5) is 25.1. The van der Waals surface area contributed by atoms with Gasteiger partial charge in [0.1, 0.15) is 0 Å². The Kier molecular flexibility index (Phi) is 3.01. The summed E-state index contributed by atoms with van der Waals surface area (Å²) in [6.45, 7) is 0.543. The fourth-order valence-electron chi connectivity index (χ4n) is 1.97. The molecule has 2 N–H and O–H groups in total. The van der Waals surface area contributed by atoms with Gasteiger partial charge in [0.2, 0.25) is 5.91 Å². The van der Waals surface area contributed by atoms with Crippen LogP contribution in [0.4, 0.5) is 5.69 Å². The van der Waals surface area contributed by atoms with Gasteiger partial charge in [-0.3, -0.25) is 9.59 Å². The lowest BCUT2D eigenvalue weighted by atomic mass is 10.1. The van der Waals surface area contributed by atoms with Crippen LogP contribution in [0.3, 0.4) is 0 Å². The van der Waals surface area contributed by atoms with E-state index < -0.39 is 0 Å². The molecule has 1 aromatic carbocycles. The second-order valence-electron chi connectivity index (χ2n) is 3.79. The Balaban J connectivity index is 2.46. The second-order valence-corrected chi connectivity index (χ2v) is 3.79. The van der Waals surface area contributed by atoms with E-state index in [1.807, 2.05) is 12.1 Å². The third-order valence-electron chi connectivity index (χ3n) is 2.76. The van der Waals surface area contributed by atoms with Crippen molar-refractivity contribution in [2.75, 3.05) is 18.0 Å². The molecule has 0 bridgehead atoms. The predicted molar refractivity (Wildman–Crippen MR) is 61.4 cm³/mol. The summed E-state index contributed by atoms with van der Waals surface area (Å²) < 4.78 is 0. The first kappa shape index (κ1) is 10.8. The number of nitrogens with two attached hydrogens (primary N) is 1. The number of amides is 1. The van der Waals surface area contributed by atoms with Crippen LogP contribution in [0.15, 0.2) is 24.3 Å². The molecular formula is C12H14N2O2. The number of Topliss-reactive ketones (excluding diaryl/α,β-unsaturated/α-hetero) is 1. The molecule has 1 aliphatic rings. The Morgan fingerprint density at radius 2 is 2.12 bits per heavy atom. The first-order valence-electron chi connectivity index (χ1n) is 5.36. The van der Waals surface area contributed by atoms with E-state index in [4.69, 9.17) is 5.73 Å². The minimum Gasteiger partial charge on any atom is -0.322 e. The highest BCUT2D eigenvalue weighted by molar-refractivity contribution is 6.07. The highest BCUT2D eigenvalue weighted by atomic mass is 16.2. The zero-order chi connectivity index (χ0) is 11.5. The molecule has 0 aromatic heterocycles. The number of ketones is 1. The molecule has 16 heavy (non-hydrogen) atoms. The number of carbonyl (C=O) groups excluding carboxylic acids is 2. The van der Waals surface area contributed by atoms with Crippen molar-refractivity contribution in [3.8, 4) is 0 Å². The van der Waals surface area contributed by atoms with E-state index in [1.165, 1.54) is 0 Å². The van der Waals surface area contributed by atoms with Crippen molar-refractivity contribution in [3.05, 3.63) is 29.8 Å². The molecule has 4 nitrogen and oxygen atoms in total. The van der Waals surface area contributed by atoms with Gasteiger partial charge in [-0.15, -0.1) is 0 Å². The van der Waals surface area contributed by atoms with Gasteiger partial charge in [-0.2, -0.15) is 0 Å². The summed E-state index contributed by atoms with van der Waals surface area (Å²) in [6.07, 6.45) is 1.19. The molecular weight excluding hydrogens is 204 g/mol. The number of benzene rings is 1. The summed E-state index contributed by atoms with van der Waals surface area (Å²) in [5, 5.41) is 0. The maximum absolute atomic E-state index is 11.8. The minimum atomic E-state index is -0.137. The quantitative estimate of drug-likeness (QED) is 0.763. The molecule has 2 rings (SSSR count). The number of fused-ring (bicyclic) bond motifs is 1. The Morgan fingerprint density at radius 3 is 2.88 bits per heavy atom. The zero-order valence-electron chi connectivity index (χ0n) is 8.98. The lowest BCUT2D eigenvalue weighted by Crippen LogP contribution is -2.36. The van der Waals surface area contributed by atoms with Gasteiger partial charge in [-0.25, -0.2) is 0 Å². The number of carbonyl (C=O) groups is 2. The average molecular weight is 218 g/mol. The number of rotatable bonds is 1. The maximum atomic E-state index is 11.8. The van der Waals surface area contributed by atoms with Crippen molar-refractivity contribution >= 4 is 17.4 Å². The van der Waals surface area contributed by atoms with E-state index >= 15 is 0 Å². The first-order chi connectivity index (χ1) is 7.74. The average Bonchev–Trinajstić information content (AvgIpc) is 2.49. The first-order valence-corrected chi connectivity index (χ1v) is 5.36. The van der Waals surface area contributed by atoms with Gasteiger partial charge in [0, 0.05) is 18.5 Å². The highest BCUT2D eigenvalue weighted by Gasteiger charge is 2.23. The lowest BCUT2D eigenvalue weighted by molar-refractivity contribution is -0.117. The molecule has 1 heterocycles. The largest absolute Gasteiger partial charge is 0.322 e. The summed E-state index contributed by atoms with van der Waals surface area (Å²) in [6, 6.07) is 7.20. The zero-order valence-corrected chi connectivity index (χ0v) is 8.98. The van der Waals surface area contributed by atoms with Gasteiger partial charge in [0.15, 0.2) is 5.78 Å². The minimum absolute atomic E-state index is 0.0253. The number of hydrogen-bond donors (Lipinski definition) is 1. The van der Waals surface area contributed by atoms with Gasteiger partial charge in [-0.05, 0) is 18.6 Å². The van der Waals surface area contributed by atoms with Gasteiger partial charge in [0.05, 0.1) is 12.2 Å². The normalized spacial score (nSPS) is 15.6. The Hall–Kier alpha value is -1.68. The van der Waals surface area contributed by atoms with E-state index in [1.54, 1.807) is 17.0 Å². The Labute approximate surface area is 94.0 Å². The van der Waals surface area contributed by atoms with Gasteiger partial charge in [0.25, 0.3) is 0 Å². The summed E-state index contributed by atoms with van der Waals surface area (Å²) in [7, 11) is 0. The van der Waals surface area contributed by atoms with Crippen LogP contribution in [0.1, 0.15) is 23.2 Å². The molecule has 1 amide bonds. The highest BCUT2D eigenvalue weighted by Crippen LogP contribution is 2.25. The SMILES string of the molecule is NCC(=O)N1CCCC(=O)c2ccccc21. The lowest BCUT2D eigenvalue weighted by Gasteiger charge is -2.21. The van der Waals surface area contributed by atoms with Crippen molar-refractivity contribution in [2.24, 2.45) is 5.73 Å². The van der Waals surface area contributed by atoms with Crippen LogP contribution < -0.4 is 10.6 Å². The molecule has 0 saturated heterocycles. The molecule has 1 aliphatic heterocycles. The molecule has 0 atom stereocenters. The molecule has 1 aromatic rings. The van der Waals surface area contributed by atoms with Crippen LogP contribution in [0.2, 0.25) is 0 Å². The number of para-hydroxylation sites is 1. The predicted octanol–water partition coefficient (Wildman–Crippen LogP) is 0.955. The fourth-order valence-corrected chi connectivity index (χ4v) is 1.97.